The smallest absolute Gasteiger partial charge is 0.374 e. The van der Waals surface area contributed by atoms with Crippen LogP contribution in [-0.2, 0) is 6.42 Å². The van der Waals surface area contributed by atoms with Crippen LogP contribution >= 0.6 is 0 Å². The van der Waals surface area contributed by atoms with E-state index in [9.17, 15) is 9.59 Å². The Morgan fingerprint density at radius 2 is 1.94 bits per heavy atom. The minimum absolute atomic E-state index is 0.156. The van der Waals surface area contributed by atoms with Crippen molar-refractivity contribution in [3.05, 3.63) is 17.3 Å². The Bertz CT molecular complexity index is 376. The molecule has 6 heteroatoms. The Morgan fingerprint density at radius 1 is 1.31 bits per heavy atom. The predicted octanol–water partition coefficient (Wildman–Crippen LogP) is 1.66. The van der Waals surface area contributed by atoms with Gasteiger partial charge >= 0.3 is 11.9 Å². The fraction of sp³-hybridized carbons (Fsp3) is 0.500. The molecule has 16 heavy (non-hydrogen) atoms. The van der Waals surface area contributed by atoms with E-state index < -0.39 is 23.4 Å². The minimum atomic E-state index is -1.42. The number of aromatic nitrogens is 1. The first-order valence-corrected chi connectivity index (χ1v) is 4.88. The number of carboxylic acid groups (broad SMARTS) is 2. The van der Waals surface area contributed by atoms with Gasteiger partial charge in [-0.2, -0.15) is 0 Å². The number of carbonyl (C=O) groups is 2. The molecule has 0 atom stereocenters. The summed E-state index contributed by atoms with van der Waals surface area (Å²) in [5, 5.41) is 17.4. The maximum atomic E-state index is 10.7. The fourth-order valence-corrected chi connectivity index (χ4v) is 1.17. The number of aryl methyl sites for hydroxylation is 1. The van der Waals surface area contributed by atoms with Gasteiger partial charge in [-0.05, 0) is 12.3 Å². The van der Waals surface area contributed by atoms with E-state index in [4.69, 9.17) is 14.6 Å². The zero-order valence-electron chi connectivity index (χ0n) is 9.06. The van der Waals surface area contributed by atoms with Crippen LogP contribution in [0.1, 0.15) is 47.2 Å². The van der Waals surface area contributed by atoms with Crippen molar-refractivity contribution >= 4 is 11.9 Å². The lowest BCUT2D eigenvalue weighted by Gasteiger charge is -1.99. The minimum Gasteiger partial charge on any atom is -0.476 e. The molecule has 0 aliphatic carbocycles. The lowest BCUT2D eigenvalue weighted by Crippen LogP contribution is -2.05. The van der Waals surface area contributed by atoms with Gasteiger partial charge in [-0.1, -0.05) is 13.8 Å². The van der Waals surface area contributed by atoms with Crippen LogP contribution in [0.2, 0.25) is 0 Å². The number of rotatable bonds is 5. The van der Waals surface area contributed by atoms with Crippen molar-refractivity contribution in [2.45, 2.75) is 26.7 Å². The SMILES string of the molecule is CC(C)CCc1nc(C(=O)O)c(C(=O)O)o1. The average molecular weight is 227 g/mol. The van der Waals surface area contributed by atoms with Crippen molar-refractivity contribution in [1.29, 1.82) is 0 Å². The first kappa shape index (κ1) is 12.2. The molecule has 1 rings (SSSR count). The second-order valence-electron chi connectivity index (χ2n) is 3.83. The molecule has 0 radical (unpaired) electrons. The van der Waals surface area contributed by atoms with Gasteiger partial charge in [0.25, 0.3) is 0 Å². The Balaban J connectivity index is 2.93. The quantitative estimate of drug-likeness (QED) is 0.793. The number of aromatic carboxylic acids is 2. The molecular weight excluding hydrogens is 214 g/mol. The summed E-state index contributed by atoms with van der Waals surface area (Å²) in [6.07, 6.45) is 1.20. The molecule has 0 spiro atoms. The second-order valence-corrected chi connectivity index (χ2v) is 3.83. The van der Waals surface area contributed by atoms with Crippen LogP contribution in [0.4, 0.5) is 0 Å². The molecule has 0 amide bonds. The monoisotopic (exact) mass is 227 g/mol. The van der Waals surface area contributed by atoms with Gasteiger partial charge in [-0.3, -0.25) is 0 Å². The van der Waals surface area contributed by atoms with Crippen molar-refractivity contribution < 1.29 is 24.2 Å². The average Bonchev–Trinajstić information content (AvgIpc) is 2.58. The number of carboxylic acids is 2. The summed E-state index contributed by atoms with van der Waals surface area (Å²) in [6.45, 7) is 4.00. The molecule has 0 saturated heterocycles. The first-order valence-electron chi connectivity index (χ1n) is 4.88. The summed E-state index contributed by atoms with van der Waals surface area (Å²) in [5.74, 6) is -2.85. The van der Waals surface area contributed by atoms with Crippen LogP contribution < -0.4 is 0 Å². The van der Waals surface area contributed by atoms with Crippen molar-refractivity contribution in [3.8, 4) is 0 Å². The van der Waals surface area contributed by atoms with Crippen LogP contribution in [0.25, 0.3) is 0 Å². The van der Waals surface area contributed by atoms with E-state index in [2.05, 4.69) is 4.98 Å². The summed E-state index contributed by atoms with van der Waals surface area (Å²) in [6, 6.07) is 0. The van der Waals surface area contributed by atoms with Crippen LogP contribution in [0.5, 0.6) is 0 Å². The molecule has 1 aromatic heterocycles. The van der Waals surface area contributed by atoms with E-state index in [0.717, 1.165) is 6.42 Å². The fourth-order valence-electron chi connectivity index (χ4n) is 1.17. The summed E-state index contributed by atoms with van der Waals surface area (Å²) in [4.78, 5) is 25.0. The third kappa shape index (κ3) is 2.82. The molecule has 2 N–H and O–H groups in total. The maximum absolute atomic E-state index is 10.7. The molecule has 88 valence electrons. The molecule has 0 aromatic carbocycles. The summed E-state index contributed by atoms with van der Waals surface area (Å²) < 4.78 is 4.90. The molecule has 0 aliphatic heterocycles. The molecule has 0 unspecified atom stereocenters. The van der Waals surface area contributed by atoms with Gasteiger partial charge in [0.2, 0.25) is 11.5 Å². The Hall–Kier alpha value is -1.85. The highest BCUT2D eigenvalue weighted by Crippen LogP contribution is 2.14. The molecule has 6 nitrogen and oxygen atoms in total. The normalized spacial score (nSPS) is 10.7. The van der Waals surface area contributed by atoms with Crippen molar-refractivity contribution in [2.24, 2.45) is 5.92 Å². The Labute approximate surface area is 91.9 Å². The van der Waals surface area contributed by atoms with Gasteiger partial charge in [0, 0.05) is 6.42 Å². The highest BCUT2D eigenvalue weighted by atomic mass is 16.4. The first-order chi connectivity index (χ1) is 7.41. The van der Waals surface area contributed by atoms with E-state index in [-0.39, 0.29) is 5.89 Å². The molecule has 1 aromatic rings. The molecule has 0 saturated carbocycles. The summed E-state index contributed by atoms with van der Waals surface area (Å²) >= 11 is 0. The largest absolute Gasteiger partial charge is 0.476 e. The molecule has 1 heterocycles. The summed E-state index contributed by atoms with van der Waals surface area (Å²) in [7, 11) is 0. The van der Waals surface area contributed by atoms with Crippen molar-refractivity contribution in [2.75, 3.05) is 0 Å². The molecule has 0 fully saturated rings. The lowest BCUT2D eigenvalue weighted by molar-refractivity contribution is 0.0623. The number of hydrogen-bond donors (Lipinski definition) is 2. The van der Waals surface area contributed by atoms with Crippen molar-refractivity contribution in [3.63, 3.8) is 0 Å². The van der Waals surface area contributed by atoms with Gasteiger partial charge in [0.05, 0.1) is 0 Å². The van der Waals surface area contributed by atoms with E-state index in [0.29, 0.717) is 12.3 Å². The highest BCUT2D eigenvalue weighted by Gasteiger charge is 2.24. The maximum Gasteiger partial charge on any atom is 0.374 e. The van der Waals surface area contributed by atoms with Crippen molar-refractivity contribution in [1.82, 2.24) is 4.98 Å². The standard InChI is InChI=1S/C10H13NO5/c1-5(2)3-4-6-11-7(9(12)13)8(16-6)10(14)15/h5H,3-4H2,1-2H3,(H,12,13)(H,14,15). The van der Waals surface area contributed by atoms with Crippen LogP contribution in [-0.4, -0.2) is 27.1 Å². The van der Waals surface area contributed by atoms with Gasteiger partial charge < -0.3 is 14.6 Å². The van der Waals surface area contributed by atoms with Crippen LogP contribution in [0.15, 0.2) is 4.42 Å². The lowest BCUT2D eigenvalue weighted by atomic mass is 10.1. The van der Waals surface area contributed by atoms with Gasteiger partial charge in [0.15, 0.2) is 5.89 Å². The zero-order valence-corrected chi connectivity index (χ0v) is 9.06. The van der Waals surface area contributed by atoms with Gasteiger partial charge in [-0.15, -0.1) is 0 Å². The van der Waals surface area contributed by atoms with Crippen LogP contribution in [0.3, 0.4) is 0 Å². The topological polar surface area (TPSA) is 101 Å². The Morgan fingerprint density at radius 3 is 2.31 bits per heavy atom. The van der Waals surface area contributed by atoms with E-state index >= 15 is 0 Å². The number of nitrogens with zero attached hydrogens (tertiary/aromatic N) is 1. The van der Waals surface area contributed by atoms with Crippen LogP contribution in [0, 0.1) is 5.92 Å². The highest BCUT2D eigenvalue weighted by molar-refractivity contribution is 5.98. The third-order valence-electron chi connectivity index (χ3n) is 2.00. The van der Waals surface area contributed by atoms with E-state index in [1.165, 1.54) is 0 Å². The second kappa shape index (κ2) is 4.78. The summed E-state index contributed by atoms with van der Waals surface area (Å²) in [5.41, 5.74) is -0.536. The number of hydrogen-bond acceptors (Lipinski definition) is 4. The third-order valence-corrected chi connectivity index (χ3v) is 2.00. The molecular formula is C10H13NO5. The van der Waals surface area contributed by atoms with E-state index in [1.54, 1.807) is 0 Å². The zero-order chi connectivity index (χ0) is 12.3. The Kier molecular flexibility index (Phi) is 3.65. The van der Waals surface area contributed by atoms with Gasteiger partial charge in [0.1, 0.15) is 0 Å². The number of oxazole rings is 1. The van der Waals surface area contributed by atoms with Gasteiger partial charge in [-0.25, -0.2) is 14.6 Å². The molecule has 0 bridgehead atoms. The molecule has 0 aliphatic rings. The predicted molar refractivity (Wildman–Crippen MR) is 53.6 cm³/mol. The van der Waals surface area contributed by atoms with E-state index in [1.807, 2.05) is 13.8 Å².